The Balaban J connectivity index is 1.74. The first kappa shape index (κ1) is 13.5. The fourth-order valence-corrected chi connectivity index (χ4v) is 2.85. The summed E-state index contributed by atoms with van der Waals surface area (Å²) in [4.78, 5) is 0. The van der Waals surface area contributed by atoms with Crippen molar-refractivity contribution in [1.82, 2.24) is 5.32 Å². The average Bonchev–Trinajstić information content (AvgIpc) is 2.38. The third-order valence-electron chi connectivity index (χ3n) is 4.22. The zero-order chi connectivity index (χ0) is 13.0. The molecule has 1 aliphatic carbocycles. The van der Waals surface area contributed by atoms with Crippen molar-refractivity contribution in [3.05, 3.63) is 35.6 Å². The molecule has 0 aliphatic heterocycles. The van der Waals surface area contributed by atoms with Crippen LogP contribution in [0.25, 0.3) is 0 Å². The minimum atomic E-state index is -0.156. The van der Waals surface area contributed by atoms with Crippen LogP contribution >= 0.6 is 0 Å². The fourth-order valence-electron chi connectivity index (χ4n) is 2.85. The standard InChI is InChI=1S/C16H24FN/c1-12(2)14-5-9-16(10-6-14)18-11-13-3-7-15(17)8-4-13/h3-4,7-8,12,14,16,18H,5-6,9-11H2,1-2H3. The zero-order valence-corrected chi connectivity index (χ0v) is 11.5. The Hall–Kier alpha value is -0.890. The van der Waals surface area contributed by atoms with E-state index >= 15 is 0 Å². The van der Waals surface area contributed by atoms with E-state index in [1.165, 1.54) is 43.4 Å². The molecule has 0 atom stereocenters. The lowest BCUT2D eigenvalue weighted by Crippen LogP contribution is -2.33. The van der Waals surface area contributed by atoms with Crippen LogP contribution in [0, 0.1) is 17.7 Å². The molecule has 0 bridgehead atoms. The Morgan fingerprint density at radius 3 is 2.28 bits per heavy atom. The third-order valence-corrected chi connectivity index (χ3v) is 4.22. The van der Waals surface area contributed by atoms with Gasteiger partial charge in [0, 0.05) is 12.6 Å². The van der Waals surface area contributed by atoms with E-state index < -0.39 is 0 Å². The van der Waals surface area contributed by atoms with Crippen LogP contribution < -0.4 is 5.32 Å². The molecule has 0 saturated heterocycles. The largest absolute Gasteiger partial charge is 0.310 e. The van der Waals surface area contributed by atoms with Crippen LogP contribution in [-0.4, -0.2) is 6.04 Å². The summed E-state index contributed by atoms with van der Waals surface area (Å²) in [6, 6.07) is 7.44. The highest BCUT2D eigenvalue weighted by Crippen LogP contribution is 2.29. The Bertz CT molecular complexity index is 350. The predicted molar refractivity (Wildman–Crippen MR) is 73.8 cm³/mol. The second-order valence-electron chi connectivity index (χ2n) is 5.86. The van der Waals surface area contributed by atoms with Crippen LogP contribution in [-0.2, 0) is 6.54 Å². The minimum absolute atomic E-state index is 0.156. The molecule has 0 heterocycles. The van der Waals surface area contributed by atoms with E-state index in [9.17, 15) is 4.39 Å². The van der Waals surface area contributed by atoms with Gasteiger partial charge in [0.1, 0.15) is 5.82 Å². The van der Waals surface area contributed by atoms with E-state index in [1.54, 1.807) is 0 Å². The van der Waals surface area contributed by atoms with E-state index in [4.69, 9.17) is 0 Å². The Morgan fingerprint density at radius 1 is 1.11 bits per heavy atom. The molecule has 1 fully saturated rings. The maximum absolute atomic E-state index is 12.8. The molecule has 2 heteroatoms. The summed E-state index contributed by atoms with van der Waals surface area (Å²) >= 11 is 0. The number of hydrogen-bond donors (Lipinski definition) is 1. The fraction of sp³-hybridized carbons (Fsp3) is 0.625. The average molecular weight is 249 g/mol. The summed E-state index contributed by atoms with van der Waals surface area (Å²) in [5.74, 6) is 1.58. The summed E-state index contributed by atoms with van der Waals surface area (Å²) in [6.07, 6.45) is 5.26. The maximum Gasteiger partial charge on any atom is 0.123 e. The zero-order valence-electron chi connectivity index (χ0n) is 11.5. The second-order valence-corrected chi connectivity index (χ2v) is 5.86. The molecular weight excluding hydrogens is 225 g/mol. The van der Waals surface area contributed by atoms with Crippen molar-refractivity contribution >= 4 is 0 Å². The van der Waals surface area contributed by atoms with Crippen molar-refractivity contribution < 1.29 is 4.39 Å². The molecule has 1 aliphatic rings. The molecule has 1 aromatic rings. The summed E-state index contributed by atoms with van der Waals surface area (Å²) < 4.78 is 12.8. The van der Waals surface area contributed by atoms with Gasteiger partial charge >= 0.3 is 0 Å². The van der Waals surface area contributed by atoms with Crippen molar-refractivity contribution in [3.63, 3.8) is 0 Å². The molecule has 0 aromatic heterocycles. The van der Waals surface area contributed by atoms with Crippen molar-refractivity contribution in [2.45, 2.75) is 52.1 Å². The monoisotopic (exact) mass is 249 g/mol. The lowest BCUT2D eigenvalue weighted by atomic mass is 9.80. The molecular formula is C16H24FN. The summed E-state index contributed by atoms with van der Waals surface area (Å²) in [7, 11) is 0. The number of rotatable bonds is 4. The Morgan fingerprint density at radius 2 is 1.72 bits per heavy atom. The maximum atomic E-state index is 12.8. The smallest absolute Gasteiger partial charge is 0.123 e. The van der Waals surface area contributed by atoms with Gasteiger partial charge in [-0.1, -0.05) is 26.0 Å². The summed E-state index contributed by atoms with van der Waals surface area (Å²) in [5.41, 5.74) is 1.17. The normalized spacial score (nSPS) is 24.4. The van der Waals surface area contributed by atoms with E-state index in [1.807, 2.05) is 12.1 Å². The highest BCUT2D eigenvalue weighted by Gasteiger charge is 2.22. The molecule has 1 nitrogen and oxygen atoms in total. The quantitative estimate of drug-likeness (QED) is 0.846. The van der Waals surface area contributed by atoms with Gasteiger partial charge in [-0.05, 0) is 55.2 Å². The topological polar surface area (TPSA) is 12.0 Å². The van der Waals surface area contributed by atoms with Crippen LogP contribution in [0.15, 0.2) is 24.3 Å². The highest BCUT2D eigenvalue weighted by atomic mass is 19.1. The number of halogens is 1. The molecule has 0 amide bonds. The summed E-state index contributed by atoms with van der Waals surface area (Å²) in [6.45, 7) is 5.52. The molecule has 1 aromatic carbocycles. The predicted octanol–water partition coefficient (Wildman–Crippen LogP) is 4.13. The van der Waals surface area contributed by atoms with Gasteiger partial charge in [-0.25, -0.2) is 4.39 Å². The molecule has 18 heavy (non-hydrogen) atoms. The van der Waals surface area contributed by atoms with Gasteiger partial charge in [0.05, 0.1) is 0 Å². The highest BCUT2D eigenvalue weighted by molar-refractivity contribution is 5.15. The first-order chi connectivity index (χ1) is 8.65. The van der Waals surface area contributed by atoms with Gasteiger partial charge in [-0.3, -0.25) is 0 Å². The van der Waals surface area contributed by atoms with Crippen molar-refractivity contribution in [2.24, 2.45) is 11.8 Å². The van der Waals surface area contributed by atoms with E-state index in [-0.39, 0.29) is 5.82 Å². The van der Waals surface area contributed by atoms with Crippen molar-refractivity contribution in [1.29, 1.82) is 0 Å². The number of hydrogen-bond acceptors (Lipinski definition) is 1. The van der Waals surface area contributed by atoms with E-state index in [0.717, 1.165) is 18.4 Å². The van der Waals surface area contributed by atoms with Gasteiger partial charge in [-0.2, -0.15) is 0 Å². The number of benzene rings is 1. The molecule has 1 saturated carbocycles. The lowest BCUT2D eigenvalue weighted by Gasteiger charge is -2.31. The van der Waals surface area contributed by atoms with E-state index in [0.29, 0.717) is 6.04 Å². The summed E-state index contributed by atoms with van der Waals surface area (Å²) in [5, 5.41) is 3.59. The molecule has 1 N–H and O–H groups in total. The van der Waals surface area contributed by atoms with Crippen LogP contribution in [0.4, 0.5) is 4.39 Å². The second kappa shape index (κ2) is 6.33. The van der Waals surface area contributed by atoms with Crippen molar-refractivity contribution in [3.8, 4) is 0 Å². The first-order valence-corrected chi connectivity index (χ1v) is 7.13. The number of nitrogens with one attached hydrogen (secondary N) is 1. The third kappa shape index (κ3) is 3.81. The van der Waals surface area contributed by atoms with Gasteiger partial charge in [0.15, 0.2) is 0 Å². The molecule has 0 unspecified atom stereocenters. The Labute approximate surface area is 110 Å². The van der Waals surface area contributed by atoms with Gasteiger partial charge in [0.2, 0.25) is 0 Å². The lowest BCUT2D eigenvalue weighted by molar-refractivity contribution is 0.238. The first-order valence-electron chi connectivity index (χ1n) is 7.13. The van der Waals surface area contributed by atoms with Crippen LogP contribution in [0.3, 0.4) is 0 Å². The van der Waals surface area contributed by atoms with Crippen LogP contribution in [0.2, 0.25) is 0 Å². The van der Waals surface area contributed by atoms with Gasteiger partial charge in [-0.15, -0.1) is 0 Å². The molecule has 100 valence electrons. The van der Waals surface area contributed by atoms with Crippen LogP contribution in [0.1, 0.15) is 45.1 Å². The van der Waals surface area contributed by atoms with Crippen molar-refractivity contribution in [2.75, 3.05) is 0 Å². The van der Waals surface area contributed by atoms with Gasteiger partial charge < -0.3 is 5.32 Å². The molecule has 0 radical (unpaired) electrons. The molecule has 2 rings (SSSR count). The van der Waals surface area contributed by atoms with Crippen LogP contribution in [0.5, 0.6) is 0 Å². The Kier molecular flexibility index (Phi) is 4.76. The molecule has 0 spiro atoms. The van der Waals surface area contributed by atoms with Gasteiger partial charge in [0.25, 0.3) is 0 Å². The van der Waals surface area contributed by atoms with E-state index in [2.05, 4.69) is 19.2 Å². The SMILES string of the molecule is CC(C)C1CCC(NCc2ccc(F)cc2)CC1. The minimum Gasteiger partial charge on any atom is -0.310 e.